The minimum absolute atomic E-state index is 0.230. The van der Waals surface area contributed by atoms with E-state index in [4.69, 9.17) is 10.5 Å². The molecule has 2 heterocycles. The molecule has 2 atom stereocenters. The van der Waals surface area contributed by atoms with Gasteiger partial charge < -0.3 is 15.4 Å². The number of ether oxygens (including phenoxy) is 1. The van der Waals surface area contributed by atoms with Gasteiger partial charge in [0.25, 0.3) is 0 Å². The van der Waals surface area contributed by atoms with Crippen LogP contribution in [0.4, 0.5) is 0 Å². The number of primary amides is 1. The number of carbonyl (C=O) groups excluding carboxylic acids is 1. The van der Waals surface area contributed by atoms with Gasteiger partial charge in [-0.2, -0.15) is 0 Å². The summed E-state index contributed by atoms with van der Waals surface area (Å²) in [7, 11) is 2.11. The van der Waals surface area contributed by atoms with Gasteiger partial charge in [0.2, 0.25) is 5.91 Å². The van der Waals surface area contributed by atoms with E-state index in [1.165, 1.54) is 11.3 Å². The van der Waals surface area contributed by atoms with Gasteiger partial charge in [0.1, 0.15) is 11.0 Å². The summed E-state index contributed by atoms with van der Waals surface area (Å²) in [4.78, 5) is 14.9. The molecule has 2 aliphatic rings. The molecule has 0 aromatic heterocycles. The van der Waals surface area contributed by atoms with Crippen LogP contribution in [0.2, 0.25) is 0 Å². The first-order valence-electron chi connectivity index (χ1n) is 7.11. The number of benzene rings is 1. The molecule has 2 aliphatic heterocycles. The molecule has 0 radical (unpaired) electrons. The first-order chi connectivity index (χ1) is 10.0. The van der Waals surface area contributed by atoms with Crippen molar-refractivity contribution in [1.82, 2.24) is 4.90 Å². The number of thioether (sulfide) groups is 1. The minimum atomic E-state index is -0.581. The van der Waals surface area contributed by atoms with Crippen LogP contribution in [0.15, 0.2) is 40.9 Å². The van der Waals surface area contributed by atoms with Crippen molar-refractivity contribution >= 4 is 17.7 Å². The lowest BCUT2D eigenvalue weighted by molar-refractivity contribution is -0.123. The second-order valence-corrected chi connectivity index (χ2v) is 6.83. The van der Waals surface area contributed by atoms with Crippen LogP contribution in [-0.4, -0.2) is 30.1 Å². The average molecular weight is 304 g/mol. The molecule has 0 fully saturated rings. The predicted octanol–water partition coefficient (Wildman–Crippen LogP) is 2.63. The van der Waals surface area contributed by atoms with Gasteiger partial charge in [-0.3, -0.25) is 4.79 Å². The Morgan fingerprint density at radius 2 is 2.19 bits per heavy atom. The molecule has 3 rings (SSSR count). The van der Waals surface area contributed by atoms with Crippen LogP contribution in [0.1, 0.15) is 30.7 Å². The van der Waals surface area contributed by atoms with Crippen LogP contribution in [-0.2, 0) is 9.53 Å². The highest BCUT2D eigenvalue weighted by atomic mass is 32.2. The summed E-state index contributed by atoms with van der Waals surface area (Å²) in [5.41, 5.74) is 7.37. The molecule has 4 nitrogen and oxygen atoms in total. The highest BCUT2D eigenvalue weighted by Gasteiger charge is 2.44. The second kappa shape index (κ2) is 5.39. The van der Waals surface area contributed by atoms with Gasteiger partial charge in [0.05, 0.1) is 13.0 Å². The molecule has 0 saturated heterocycles. The quantitative estimate of drug-likeness (QED) is 0.932. The molecule has 0 aliphatic carbocycles. The summed E-state index contributed by atoms with van der Waals surface area (Å²) in [6.07, 6.45) is 1.12. The lowest BCUT2D eigenvalue weighted by Crippen LogP contribution is -2.39. The number of hydrogen-bond donors (Lipinski definition) is 1. The zero-order chi connectivity index (χ0) is 15.0. The minimum Gasteiger partial charge on any atom is -0.370 e. The SMILES string of the molecule is CN1C2=C(SC1c1ccccc1)C(C)(CC(N)=O)OCC2. The van der Waals surface area contributed by atoms with Crippen molar-refractivity contribution in [3.63, 3.8) is 0 Å². The zero-order valence-electron chi connectivity index (χ0n) is 12.3. The van der Waals surface area contributed by atoms with E-state index in [2.05, 4.69) is 36.2 Å². The van der Waals surface area contributed by atoms with Gasteiger partial charge in [0.15, 0.2) is 0 Å². The van der Waals surface area contributed by atoms with Gasteiger partial charge in [-0.1, -0.05) is 42.1 Å². The molecule has 1 amide bonds. The van der Waals surface area contributed by atoms with E-state index in [0.717, 1.165) is 11.3 Å². The van der Waals surface area contributed by atoms with Crippen molar-refractivity contribution in [1.29, 1.82) is 0 Å². The summed E-state index contributed by atoms with van der Waals surface area (Å²) in [5.74, 6) is -0.322. The van der Waals surface area contributed by atoms with E-state index in [-0.39, 0.29) is 17.7 Å². The molecule has 1 aromatic rings. The third kappa shape index (κ3) is 2.56. The number of carbonyl (C=O) groups is 1. The highest BCUT2D eigenvalue weighted by Crippen LogP contribution is 2.54. The van der Waals surface area contributed by atoms with Crippen molar-refractivity contribution in [2.45, 2.75) is 30.7 Å². The Bertz CT molecular complexity index is 587. The second-order valence-electron chi connectivity index (χ2n) is 5.74. The summed E-state index contributed by atoms with van der Waals surface area (Å²) in [5, 5.41) is 0.241. The fourth-order valence-electron chi connectivity index (χ4n) is 3.09. The lowest BCUT2D eigenvalue weighted by atomic mass is 9.96. The largest absolute Gasteiger partial charge is 0.370 e. The maximum Gasteiger partial charge on any atom is 0.220 e. The molecular weight excluding hydrogens is 284 g/mol. The van der Waals surface area contributed by atoms with Gasteiger partial charge in [-0.25, -0.2) is 0 Å². The number of hydrogen-bond acceptors (Lipinski definition) is 4. The van der Waals surface area contributed by atoms with E-state index in [1.54, 1.807) is 11.8 Å². The molecule has 0 bridgehead atoms. The Balaban J connectivity index is 1.92. The third-order valence-electron chi connectivity index (χ3n) is 4.11. The van der Waals surface area contributed by atoms with Crippen LogP contribution in [0.25, 0.3) is 0 Å². The summed E-state index contributed by atoms with van der Waals surface area (Å²) in [6, 6.07) is 10.4. The fourth-order valence-corrected chi connectivity index (χ4v) is 4.66. The molecule has 2 N–H and O–H groups in total. The first kappa shape index (κ1) is 14.5. The lowest BCUT2D eigenvalue weighted by Gasteiger charge is -2.34. The molecular formula is C16H20N2O2S. The van der Waals surface area contributed by atoms with E-state index in [0.29, 0.717) is 6.61 Å². The topological polar surface area (TPSA) is 55.6 Å². The highest BCUT2D eigenvalue weighted by molar-refractivity contribution is 8.03. The van der Waals surface area contributed by atoms with Crippen LogP contribution < -0.4 is 5.73 Å². The fraction of sp³-hybridized carbons (Fsp3) is 0.438. The summed E-state index contributed by atoms with van der Waals surface area (Å²) >= 11 is 1.78. The molecule has 0 spiro atoms. The first-order valence-corrected chi connectivity index (χ1v) is 7.99. The molecule has 21 heavy (non-hydrogen) atoms. The van der Waals surface area contributed by atoms with E-state index < -0.39 is 5.60 Å². The molecule has 112 valence electrons. The molecule has 0 saturated carbocycles. The summed E-state index contributed by atoms with van der Waals surface area (Å²) in [6.45, 7) is 2.61. The van der Waals surface area contributed by atoms with Gasteiger partial charge in [0, 0.05) is 24.1 Å². The van der Waals surface area contributed by atoms with Crippen LogP contribution in [0, 0.1) is 0 Å². The van der Waals surface area contributed by atoms with Crippen molar-refractivity contribution in [2.75, 3.05) is 13.7 Å². The number of rotatable bonds is 3. The maximum atomic E-state index is 11.4. The summed E-state index contributed by atoms with van der Waals surface area (Å²) < 4.78 is 5.92. The third-order valence-corrected chi connectivity index (χ3v) is 5.82. The van der Waals surface area contributed by atoms with E-state index in [1.807, 2.05) is 13.0 Å². The standard InChI is InChI=1S/C16H20N2O2S/c1-16(10-13(17)19)14-12(8-9-20-16)18(2)15(21-14)11-6-4-3-5-7-11/h3-7,15H,8-10H2,1-2H3,(H2,17,19). The number of nitrogens with two attached hydrogens (primary N) is 1. The molecule has 2 unspecified atom stereocenters. The van der Waals surface area contributed by atoms with E-state index in [9.17, 15) is 4.79 Å². The number of amides is 1. The molecule has 5 heteroatoms. The van der Waals surface area contributed by atoms with Gasteiger partial charge in [-0.05, 0) is 12.5 Å². The maximum absolute atomic E-state index is 11.4. The van der Waals surface area contributed by atoms with Crippen molar-refractivity contribution in [3.05, 3.63) is 46.5 Å². The zero-order valence-corrected chi connectivity index (χ0v) is 13.2. The van der Waals surface area contributed by atoms with Crippen LogP contribution in [0.5, 0.6) is 0 Å². The molecule has 1 aromatic carbocycles. The Hall–Kier alpha value is -1.46. The Morgan fingerprint density at radius 1 is 1.48 bits per heavy atom. The van der Waals surface area contributed by atoms with Gasteiger partial charge in [-0.15, -0.1) is 0 Å². The predicted molar refractivity (Wildman–Crippen MR) is 84.3 cm³/mol. The normalized spacial score (nSPS) is 28.7. The average Bonchev–Trinajstić information content (AvgIpc) is 2.78. The monoisotopic (exact) mass is 304 g/mol. The van der Waals surface area contributed by atoms with E-state index >= 15 is 0 Å². The van der Waals surface area contributed by atoms with Crippen molar-refractivity contribution in [3.8, 4) is 0 Å². The van der Waals surface area contributed by atoms with Crippen molar-refractivity contribution < 1.29 is 9.53 Å². The Labute approximate surface area is 129 Å². The van der Waals surface area contributed by atoms with Crippen LogP contribution in [0.3, 0.4) is 0 Å². The van der Waals surface area contributed by atoms with Crippen molar-refractivity contribution in [2.24, 2.45) is 5.73 Å². The Kier molecular flexibility index (Phi) is 3.71. The number of nitrogens with zero attached hydrogens (tertiary/aromatic N) is 1. The smallest absolute Gasteiger partial charge is 0.220 e. The Morgan fingerprint density at radius 3 is 2.86 bits per heavy atom. The van der Waals surface area contributed by atoms with Gasteiger partial charge >= 0.3 is 0 Å². The van der Waals surface area contributed by atoms with Crippen LogP contribution >= 0.6 is 11.8 Å².